The molecule has 2 aliphatic carbocycles. The van der Waals surface area contributed by atoms with Crippen LogP contribution in [0.1, 0.15) is 51.9 Å². The predicted molar refractivity (Wildman–Crippen MR) is 64.8 cm³/mol. The molecule has 2 nitrogen and oxygen atoms in total. The van der Waals surface area contributed by atoms with E-state index in [9.17, 15) is 0 Å². The molecule has 0 spiro atoms. The van der Waals surface area contributed by atoms with Crippen molar-refractivity contribution in [2.75, 3.05) is 13.1 Å². The molecule has 2 fully saturated rings. The molecule has 2 saturated carbocycles. The second-order valence-electron chi connectivity index (χ2n) is 5.92. The summed E-state index contributed by atoms with van der Waals surface area (Å²) in [4.78, 5) is 0. The zero-order valence-electron chi connectivity index (χ0n) is 10.1. The summed E-state index contributed by atoms with van der Waals surface area (Å²) in [6.45, 7) is 4.68. The Morgan fingerprint density at radius 1 is 1.27 bits per heavy atom. The van der Waals surface area contributed by atoms with Crippen molar-refractivity contribution in [3.05, 3.63) is 0 Å². The fourth-order valence-corrected chi connectivity index (χ4v) is 2.94. The first-order valence-electron chi connectivity index (χ1n) is 6.67. The Morgan fingerprint density at radius 2 is 2.07 bits per heavy atom. The lowest BCUT2D eigenvalue weighted by molar-refractivity contribution is 0.256. The van der Waals surface area contributed by atoms with Crippen LogP contribution in [0.3, 0.4) is 0 Å². The summed E-state index contributed by atoms with van der Waals surface area (Å²) in [6.07, 6.45) is 9.64. The van der Waals surface area contributed by atoms with Crippen molar-refractivity contribution in [2.45, 2.75) is 57.9 Å². The highest BCUT2D eigenvalue weighted by Gasteiger charge is 2.35. The van der Waals surface area contributed by atoms with Crippen molar-refractivity contribution in [3.8, 4) is 0 Å². The molecule has 2 atom stereocenters. The lowest BCUT2D eigenvalue weighted by Crippen LogP contribution is -2.42. The second kappa shape index (κ2) is 4.84. The van der Waals surface area contributed by atoms with Gasteiger partial charge in [0.15, 0.2) is 0 Å². The van der Waals surface area contributed by atoms with E-state index in [2.05, 4.69) is 12.2 Å². The van der Waals surface area contributed by atoms with Crippen molar-refractivity contribution < 1.29 is 0 Å². The van der Waals surface area contributed by atoms with Crippen LogP contribution in [-0.2, 0) is 0 Å². The van der Waals surface area contributed by atoms with Crippen molar-refractivity contribution in [1.82, 2.24) is 5.32 Å². The summed E-state index contributed by atoms with van der Waals surface area (Å²) < 4.78 is 0. The Hall–Kier alpha value is -0.0800. The van der Waals surface area contributed by atoms with Gasteiger partial charge in [0.2, 0.25) is 0 Å². The average Bonchev–Trinajstić information content (AvgIpc) is 2.44. The molecule has 0 radical (unpaired) electrons. The van der Waals surface area contributed by atoms with Gasteiger partial charge >= 0.3 is 0 Å². The van der Waals surface area contributed by atoms with Gasteiger partial charge in [0.1, 0.15) is 0 Å². The van der Waals surface area contributed by atoms with Crippen LogP contribution in [0.15, 0.2) is 0 Å². The van der Waals surface area contributed by atoms with Crippen molar-refractivity contribution in [3.63, 3.8) is 0 Å². The van der Waals surface area contributed by atoms with Gasteiger partial charge in [0.25, 0.3) is 0 Å². The van der Waals surface area contributed by atoms with E-state index in [-0.39, 0.29) is 0 Å². The van der Waals surface area contributed by atoms with Gasteiger partial charge in [-0.1, -0.05) is 32.6 Å². The lowest BCUT2D eigenvalue weighted by Gasteiger charge is -2.30. The maximum atomic E-state index is 6.15. The predicted octanol–water partition coefficient (Wildman–Crippen LogP) is 2.28. The van der Waals surface area contributed by atoms with Crippen LogP contribution in [0, 0.1) is 11.3 Å². The van der Waals surface area contributed by atoms with Crippen LogP contribution in [0.4, 0.5) is 0 Å². The van der Waals surface area contributed by atoms with Gasteiger partial charge in [-0.15, -0.1) is 0 Å². The maximum absolute atomic E-state index is 6.15. The van der Waals surface area contributed by atoms with Crippen LogP contribution in [-0.4, -0.2) is 19.1 Å². The monoisotopic (exact) mass is 210 g/mol. The van der Waals surface area contributed by atoms with E-state index in [1.54, 1.807) is 0 Å². The van der Waals surface area contributed by atoms with E-state index < -0.39 is 0 Å². The molecule has 88 valence electrons. The van der Waals surface area contributed by atoms with Gasteiger partial charge < -0.3 is 11.1 Å². The minimum atomic E-state index is 0.375. The third kappa shape index (κ3) is 2.73. The molecule has 15 heavy (non-hydrogen) atoms. The molecule has 0 heterocycles. The van der Waals surface area contributed by atoms with Crippen LogP contribution in [0.5, 0.6) is 0 Å². The van der Waals surface area contributed by atoms with Gasteiger partial charge in [-0.25, -0.2) is 0 Å². The molecule has 0 aromatic rings. The minimum absolute atomic E-state index is 0.375. The summed E-state index contributed by atoms with van der Waals surface area (Å²) in [5, 5.41) is 3.62. The van der Waals surface area contributed by atoms with Crippen LogP contribution in [0.25, 0.3) is 0 Å². The quantitative estimate of drug-likeness (QED) is 0.683. The molecular weight excluding hydrogens is 184 g/mol. The third-order valence-electron chi connectivity index (χ3n) is 4.64. The van der Waals surface area contributed by atoms with E-state index in [0.717, 1.165) is 12.5 Å². The third-order valence-corrected chi connectivity index (χ3v) is 4.64. The first-order chi connectivity index (χ1) is 7.21. The number of nitrogens with two attached hydrogens (primary N) is 1. The molecule has 0 amide bonds. The molecular formula is C13H26N2. The standard InChI is InChI=1S/C13H26N2/c1-13(8-3-6-12(13)14)10-15-9-7-11-4-2-5-11/h11-12,15H,2-10,14H2,1H3. The minimum Gasteiger partial charge on any atom is -0.327 e. The highest BCUT2D eigenvalue weighted by atomic mass is 14.9. The van der Waals surface area contributed by atoms with Gasteiger partial charge in [0.05, 0.1) is 0 Å². The van der Waals surface area contributed by atoms with Gasteiger partial charge in [0, 0.05) is 12.6 Å². The largest absolute Gasteiger partial charge is 0.327 e. The molecule has 0 saturated heterocycles. The Morgan fingerprint density at radius 3 is 2.60 bits per heavy atom. The molecule has 0 aromatic heterocycles. The number of nitrogens with one attached hydrogen (secondary N) is 1. The molecule has 2 aliphatic rings. The molecule has 2 unspecified atom stereocenters. The van der Waals surface area contributed by atoms with Crippen molar-refractivity contribution in [2.24, 2.45) is 17.1 Å². The Bertz CT molecular complexity index is 201. The van der Waals surface area contributed by atoms with Gasteiger partial charge in [-0.3, -0.25) is 0 Å². The smallest absolute Gasteiger partial charge is 0.0105 e. The summed E-state index contributed by atoms with van der Waals surface area (Å²) in [7, 11) is 0. The summed E-state index contributed by atoms with van der Waals surface area (Å²) in [6, 6.07) is 0.425. The highest BCUT2D eigenvalue weighted by molar-refractivity contribution is 4.92. The zero-order valence-corrected chi connectivity index (χ0v) is 10.1. The Labute approximate surface area is 94.0 Å². The molecule has 2 heteroatoms. The summed E-state index contributed by atoms with van der Waals surface area (Å²) in [5.74, 6) is 1.03. The number of rotatable bonds is 5. The average molecular weight is 210 g/mol. The fourth-order valence-electron chi connectivity index (χ4n) is 2.94. The van der Waals surface area contributed by atoms with E-state index >= 15 is 0 Å². The lowest BCUT2D eigenvalue weighted by atomic mass is 9.82. The van der Waals surface area contributed by atoms with E-state index in [1.165, 1.54) is 51.5 Å². The van der Waals surface area contributed by atoms with Crippen LogP contribution < -0.4 is 11.1 Å². The van der Waals surface area contributed by atoms with Crippen LogP contribution >= 0.6 is 0 Å². The molecule has 0 aliphatic heterocycles. The topological polar surface area (TPSA) is 38.0 Å². The van der Waals surface area contributed by atoms with Crippen LogP contribution in [0.2, 0.25) is 0 Å². The molecule has 2 rings (SSSR count). The molecule has 0 aromatic carbocycles. The Balaban J connectivity index is 1.59. The van der Waals surface area contributed by atoms with Crippen molar-refractivity contribution in [1.29, 1.82) is 0 Å². The normalized spacial score (nSPS) is 36.8. The molecule has 3 N–H and O–H groups in total. The van der Waals surface area contributed by atoms with E-state index in [1.807, 2.05) is 0 Å². The molecule has 0 bridgehead atoms. The summed E-state index contributed by atoms with van der Waals surface area (Å²) in [5.41, 5.74) is 6.53. The van der Waals surface area contributed by atoms with E-state index in [4.69, 9.17) is 5.73 Å². The van der Waals surface area contributed by atoms with Gasteiger partial charge in [-0.2, -0.15) is 0 Å². The maximum Gasteiger partial charge on any atom is 0.0105 e. The second-order valence-corrected chi connectivity index (χ2v) is 5.92. The first kappa shape index (κ1) is 11.4. The highest BCUT2D eigenvalue weighted by Crippen LogP contribution is 2.36. The van der Waals surface area contributed by atoms with Crippen molar-refractivity contribution >= 4 is 0 Å². The SMILES string of the molecule is CC1(CNCCC2CCC2)CCCC1N. The van der Waals surface area contributed by atoms with Gasteiger partial charge in [-0.05, 0) is 37.1 Å². The number of hydrogen-bond donors (Lipinski definition) is 2. The van der Waals surface area contributed by atoms with E-state index in [0.29, 0.717) is 11.5 Å². The fraction of sp³-hybridized carbons (Fsp3) is 1.00. The summed E-state index contributed by atoms with van der Waals surface area (Å²) >= 11 is 0. The first-order valence-corrected chi connectivity index (χ1v) is 6.67. The Kier molecular flexibility index (Phi) is 3.68. The zero-order chi connectivity index (χ0) is 10.7. The number of hydrogen-bond acceptors (Lipinski definition) is 2.